The number of rotatable bonds is 2. The van der Waals surface area contributed by atoms with Crippen LogP contribution in [0.4, 0.5) is 10.5 Å². The van der Waals surface area contributed by atoms with Crippen molar-refractivity contribution in [2.75, 3.05) is 11.4 Å². The molecule has 88 valence electrons. The highest BCUT2D eigenvalue weighted by Gasteiger charge is 2.37. The van der Waals surface area contributed by atoms with Crippen LogP contribution in [0.2, 0.25) is 0 Å². The number of para-hydroxylation sites is 1. The van der Waals surface area contributed by atoms with Gasteiger partial charge >= 0.3 is 6.03 Å². The van der Waals surface area contributed by atoms with E-state index in [0.29, 0.717) is 5.69 Å². The van der Waals surface area contributed by atoms with Crippen molar-refractivity contribution in [1.82, 2.24) is 5.32 Å². The topological polar surface area (TPSA) is 101 Å². The molecule has 3 amide bonds. The summed E-state index contributed by atoms with van der Waals surface area (Å²) in [6.07, 6.45) is 0. The van der Waals surface area contributed by atoms with Gasteiger partial charge in [0.25, 0.3) is 5.84 Å². The number of carbonyl (C=O) groups is 2. The van der Waals surface area contributed by atoms with Crippen LogP contribution in [0.5, 0.6) is 0 Å². The molecule has 6 heteroatoms. The third-order valence-corrected chi connectivity index (χ3v) is 2.63. The van der Waals surface area contributed by atoms with Crippen LogP contribution in [-0.4, -0.2) is 24.3 Å². The molecule has 17 heavy (non-hydrogen) atoms. The number of urea groups is 1. The summed E-state index contributed by atoms with van der Waals surface area (Å²) in [5.74, 6) is -1.12. The van der Waals surface area contributed by atoms with Crippen molar-refractivity contribution in [3.63, 3.8) is 0 Å². The van der Waals surface area contributed by atoms with Crippen molar-refractivity contribution in [2.45, 2.75) is 0 Å². The van der Waals surface area contributed by atoms with E-state index in [4.69, 9.17) is 11.1 Å². The van der Waals surface area contributed by atoms with E-state index in [1.165, 1.54) is 4.90 Å². The second-order valence-electron chi connectivity index (χ2n) is 3.79. The highest BCUT2D eigenvalue weighted by atomic mass is 16.2. The number of carbonyl (C=O) groups excluding carboxylic acids is 2. The van der Waals surface area contributed by atoms with Crippen molar-refractivity contribution in [1.29, 1.82) is 0 Å². The van der Waals surface area contributed by atoms with Crippen LogP contribution in [-0.2, 0) is 4.79 Å². The van der Waals surface area contributed by atoms with Gasteiger partial charge in [0.2, 0.25) is 5.91 Å². The van der Waals surface area contributed by atoms with Crippen LogP contribution in [0.25, 0.3) is 0 Å². The van der Waals surface area contributed by atoms with Gasteiger partial charge in [-0.3, -0.25) is 26.2 Å². The van der Waals surface area contributed by atoms with E-state index in [1.54, 1.807) is 12.1 Å². The molecule has 1 heterocycles. The van der Waals surface area contributed by atoms with Gasteiger partial charge in [-0.2, -0.15) is 0 Å². The Morgan fingerprint density at radius 3 is 2.59 bits per heavy atom. The van der Waals surface area contributed by atoms with E-state index in [-0.39, 0.29) is 12.4 Å². The average Bonchev–Trinajstić information content (AvgIpc) is 2.29. The second kappa shape index (κ2) is 4.25. The van der Waals surface area contributed by atoms with Gasteiger partial charge in [-0.25, -0.2) is 4.79 Å². The number of amidine groups is 1. The van der Waals surface area contributed by atoms with Crippen molar-refractivity contribution < 1.29 is 15.0 Å². The van der Waals surface area contributed by atoms with Crippen molar-refractivity contribution in [3.05, 3.63) is 30.3 Å². The molecule has 0 saturated carbocycles. The van der Waals surface area contributed by atoms with Gasteiger partial charge in [-0.15, -0.1) is 0 Å². The Balaban J connectivity index is 2.27. The SMILES string of the molecule is NC(=[NH2+])[C@H]1CN(c2ccccc2)C(=O)NC1=O. The van der Waals surface area contributed by atoms with Crippen LogP contribution < -0.4 is 21.4 Å². The number of hydrogen-bond donors (Lipinski definition) is 3. The number of benzene rings is 1. The molecule has 1 aromatic rings. The summed E-state index contributed by atoms with van der Waals surface area (Å²) >= 11 is 0. The van der Waals surface area contributed by atoms with Gasteiger partial charge < -0.3 is 0 Å². The molecule has 0 bridgehead atoms. The van der Waals surface area contributed by atoms with Gasteiger partial charge in [-0.05, 0) is 12.1 Å². The molecule has 1 atom stereocenters. The number of imide groups is 1. The number of nitrogens with one attached hydrogen (secondary N) is 1. The summed E-state index contributed by atoms with van der Waals surface area (Å²) in [6, 6.07) is 8.56. The van der Waals surface area contributed by atoms with E-state index in [1.807, 2.05) is 18.2 Å². The quantitative estimate of drug-likeness (QED) is 0.427. The molecule has 2 rings (SSSR count). The maximum atomic E-state index is 11.7. The van der Waals surface area contributed by atoms with Crippen LogP contribution in [0.15, 0.2) is 30.3 Å². The van der Waals surface area contributed by atoms with Crippen molar-refractivity contribution >= 4 is 23.5 Å². The molecule has 1 aromatic carbocycles. The maximum Gasteiger partial charge on any atom is 0.328 e. The molecular formula is C11H13N4O2+. The largest absolute Gasteiger partial charge is 0.328 e. The molecule has 1 aliphatic rings. The molecule has 0 unspecified atom stereocenters. The molecular weight excluding hydrogens is 220 g/mol. The zero-order valence-corrected chi connectivity index (χ0v) is 9.09. The fourth-order valence-corrected chi connectivity index (χ4v) is 1.70. The third kappa shape index (κ3) is 2.10. The predicted molar refractivity (Wildman–Crippen MR) is 61.9 cm³/mol. The fraction of sp³-hybridized carbons (Fsp3) is 0.182. The Kier molecular flexibility index (Phi) is 2.78. The number of anilines is 1. The van der Waals surface area contributed by atoms with Crippen LogP contribution >= 0.6 is 0 Å². The zero-order valence-electron chi connectivity index (χ0n) is 9.09. The number of amides is 3. The smallest absolute Gasteiger partial charge is 0.293 e. The van der Waals surface area contributed by atoms with Crippen LogP contribution in [0.3, 0.4) is 0 Å². The standard InChI is InChI=1S/C11H12N4O2/c12-9(13)8-6-15(11(17)14-10(8)16)7-4-2-1-3-5-7/h1-5,8H,6H2,(H3,12,13)(H,14,16,17)/p+1/t8-/m1/s1. The first-order chi connectivity index (χ1) is 8.09. The van der Waals surface area contributed by atoms with Gasteiger partial charge in [0.05, 0.1) is 6.54 Å². The van der Waals surface area contributed by atoms with Crippen LogP contribution in [0.1, 0.15) is 0 Å². The molecule has 0 radical (unpaired) electrons. The van der Waals surface area contributed by atoms with Gasteiger partial charge in [0.1, 0.15) is 0 Å². The Morgan fingerprint density at radius 1 is 1.35 bits per heavy atom. The fourth-order valence-electron chi connectivity index (χ4n) is 1.70. The maximum absolute atomic E-state index is 11.7. The Bertz CT molecular complexity index is 472. The Morgan fingerprint density at radius 2 is 2.00 bits per heavy atom. The lowest BCUT2D eigenvalue weighted by molar-refractivity contribution is -0.132. The van der Waals surface area contributed by atoms with Gasteiger partial charge in [0, 0.05) is 5.69 Å². The minimum Gasteiger partial charge on any atom is -0.293 e. The lowest BCUT2D eigenvalue weighted by atomic mass is 10.0. The summed E-state index contributed by atoms with van der Waals surface area (Å²) in [6.45, 7) is 0.164. The summed E-state index contributed by atoms with van der Waals surface area (Å²) in [5.41, 5.74) is 6.14. The van der Waals surface area contributed by atoms with Gasteiger partial charge in [-0.1, -0.05) is 18.2 Å². The molecule has 5 N–H and O–H groups in total. The highest BCUT2D eigenvalue weighted by molar-refractivity contribution is 6.13. The molecule has 0 aromatic heterocycles. The van der Waals surface area contributed by atoms with E-state index in [2.05, 4.69) is 5.32 Å². The summed E-state index contributed by atoms with van der Waals surface area (Å²) < 4.78 is 0. The second-order valence-corrected chi connectivity index (χ2v) is 3.79. The van der Waals surface area contributed by atoms with Crippen molar-refractivity contribution in [3.8, 4) is 0 Å². The minimum atomic E-state index is -0.673. The lowest BCUT2D eigenvalue weighted by Crippen LogP contribution is -2.63. The van der Waals surface area contributed by atoms with Gasteiger partial charge in [0.15, 0.2) is 5.92 Å². The van der Waals surface area contributed by atoms with E-state index in [0.717, 1.165) is 0 Å². The summed E-state index contributed by atoms with van der Waals surface area (Å²) in [7, 11) is 0. The number of nitrogens with two attached hydrogens (primary N) is 2. The first-order valence-electron chi connectivity index (χ1n) is 5.15. The lowest BCUT2D eigenvalue weighted by Gasteiger charge is -2.30. The van der Waals surface area contributed by atoms with Crippen molar-refractivity contribution in [2.24, 2.45) is 11.7 Å². The summed E-state index contributed by atoms with van der Waals surface area (Å²) in [4.78, 5) is 24.6. The molecule has 6 nitrogen and oxygen atoms in total. The van der Waals surface area contributed by atoms with E-state index in [9.17, 15) is 9.59 Å². The first-order valence-corrected chi connectivity index (χ1v) is 5.15. The van der Waals surface area contributed by atoms with E-state index >= 15 is 0 Å². The summed E-state index contributed by atoms with van der Waals surface area (Å²) in [5, 5.41) is 7.67. The molecule has 1 saturated heterocycles. The number of hydrogen-bond acceptors (Lipinski definition) is 2. The molecule has 1 fully saturated rings. The highest BCUT2D eigenvalue weighted by Crippen LogP contribution is 2.18. The molecule has 0 spiro atoms. The Labute approximate surface area is 97.9 Å². The monoisotopic (exact) mass is 233 g/mol. The molecule has 0 aliphatic carbocycles. The molecule has 1 aliphatic heterocycles. The van der Waals surface area contributed by atoms with Crippen LogP contribution in [0, 0.1) is 5.92 Å². The third-order valence-electron chi connectivity index (χ3n) is 2.63. The number of nitrogens with zero attached hydrogens (tertiary/aromatic N) is 1. The minimum absolute atomic E-state index is 0.0101. The zero-order chi connectivity index (χ0) is 12.4. The predicted octanol–water partition coefficient (Wildman–Crippen LogP) is -1.52. The normalized spacial score (nSPS) is 20.0. The Hall–Kier alpha value is -2.37. The average molecular weight is 233 g/mol. The van der Waals surface area contributed by atoms with E-state index < -0.39 is 17.9 Å². The first kappa shape index (κ1) is 11.1.